The molecule has 1 aliphatic rings. The third-order valence-corrected chi connectivity index (χ3v) is 6.64. The number of hydrogen-bond donors (Lipinski definition) is 0. The summed E-state index contributed by atoms with van der Waals surface area (Å²) in [5.41, 5.74) is 4.70. The third kappa shape index (κ3) is 5.62. The molecule has 36 heavy (non-hydrogen) atoms. The Kier molecular flexibility index (Phi) is 7.06. The maximum Gasteiger partial charge on any atom is 0.123 e. The first-order chi connectivity index (χ1) is 17.6. The Hall–Kier alpha value is -4.01. The Balaban J connectivity index is 1.41. The van der Waals surface area contributed by atoms with Gasteiger partial charge in [-0.15, -0.1) is 0 Å². The van der Waals surface area contributed by atoms with Gasteiger partial charge in [0.05, 0.1) is 12.0 Å². The number of ether oxygens (including phenoxy) is 1. The lowest BCUT2D eigenvalue weighted by atomic mass is 9.98. The highest BCUT2D eigenvalue weighted by Gasteiger charge is 2.32. The van der Waals surface area contributed by atoms with Gasteiger partial charge >= 0.3 is 0 Å². The van der Waals surface area contributed by atoms with E-state index in [1.165, 1.54) is 29.8 Å². The van der Waals surface area contributed by atoms with Crippen LogP contribution in [0.15, 0.2) is 97.1 Å². The van der Waals surface area contributed by atoms with Crippen LogP contribution in [0.3, 0.4) is 0 Å². The van der Waals surface area contributed by atoms with E-state index in [2.05, 4.69) is 23.1 Å². The molecule has 1 fully saturated rings. The molecule has 1 saturated heterocycles. The Morgan fingerprint density at radius 3 is 1.92 bits per heavy atom. The lowest BCUT2D eigenvalue weighted by Gasteiger charge is -2.24. The minimum absolute atomic E-state index is 0.0253. The molecule has 0 N–H and O–H groups in total. The van der Waals surface area contributed by atoms with Crippen molar-refractivity contribution in [2.24, 2.45) is 5.92 Å². The Morgan fingerprint density at radius 2 is 1.36 bits per heavy atom. The zero-order chi connectivity index (χ0) is 24.9. The van der Waals surface area contributed by atoms with Crippen molar-refractivity contribution in [2.45, 2.75) is 19.0 Å². The van der Waals surface area contributed by atoms with Gasteiger partial charge in [0.1, 0.15) is 24.0 Å². The Labute approximate surface area is 210 Å². The molecule has 1 heterocycles. The summed E-state index contributed by atoms with van der Waals surface area (Å²) < 4.78 is 33.4. The van der Waals surface area contributed by atoms with Gasteiger partial charge in [-0.3, -0.25) is 4.90 Å². The highest BCUT2D eigenvalue weighted by molar-refractivity contribution is 5.75. The van der Waals surface area contributed by atoms with Crippen LogP contribution >= 0.6 is 0 Å². The normalized spacial score (nSPS) is 17.6. The van der Waals surface area contributed by atoms with Crippen molar-refractivity contribution in [1.29, 1.82) is 5.26 Å². The lowest BCUT2D eigenvalue weighted by molar-refractivity contribution is 0.167. The first kappa shape index (κ1) is 23.7. The van der Waals surface area contributed by atoms with E-state index >= 15 is 0 Å². The molecule has 0 amide bonds. The summed E-state index contributed by atoms with van der Waals surface area (Å²) in [5.74, 6) is 0.0623. The van der Waals surface area contributed by atoms with Crippen LogP contribution in [0.2, 0.25) is 0 Å². The predicted molar refractivity (Wildman–Crippen MR) is 137 cm³/mol. The Morgan fingerprint density at radius 1 is 0.778 bits per heavy atom. The minimum atomic E-state index is -0.295. The van der Waals surface area contributed by atoms with Crippen LogP contribution < -0.4 is 4.74 Å². The van der Waals surface area contributed by atoms with E-state index in [1.807, 2.05) is 36.4 Å². The van der Waals surface area contributed by atoms with E-state index in [0.717, 1.165) is 41.8 Å². The topological polar surface area (TPSA) is 36.3 Å². The fourth-order valence-electron chi connectivity index (χ4n) is 4.76. The van der Waals surface area contributed by atoms with Gasteiger partial charge in [0.2, 0.25) is 0 Å². The van der Waals surface area contributed by atoms with Crippen LogP contribution in [0.25, 0.3) is 22.3 Å². The van der Waals surface area contributed by atoms with Gasteiger partial charge in [-0.2, -0.15) is 5.26 Å². The van der Waals surface area contributed by atoms with E-state index in [0.29, 0.717) is 12.4 Å². The standard InChI is InChI=1S/C31H26F2N2O/c32-28-10-6-24(7-11-28)26-15-27(25-8-12-29(33)13-9-25)17-31(16-26)36-21-30-14-23(18-34)20-35(30)19-22-4-2-1-3-5-22/h1-13,15-17,23,30H,14,19-21H2/t23-,30-/m0/s1. The van der Waals surface area contributed by atoms with Gasteiger partial charge < -0.3 is 4.74 Å². The van der Waals surface area contributed by atoms with Gasteiger partial charge in [-0.25, -0.2) is 8.78 Å². The van der Waals surface area contributed by atoms with Crippen molar-refractivity contribution in [3.63, 3.8) is 0 Å². The fraction of sp³-hybridized carbons (Fsp3) is 0.194. The molecule has 180 valence electrons. The summed E-state index contributed by atoms with van der Waals surface area (Å²) in [7, 11) is 0. The van der Waals surface area contributed by atoms with Crippen LogP contribution in [0.5, 0.6) is 5.75 Å². The van der Waals surface area contributed by atoms with Crippen LogP contribution in [0, 0.1) is 28.9 Å². The highest BCUT2D eigenvalue weighted by Crippen LogP contribution is 2.33. The van der Waals surface area contributed by atoms with Crippen LogP contribution in [-0.2, 0) is 6.54 Å². The molecule has 3 nitrogen and oxygen atoms in total. The van der Waals surface area contributed by atoms with Crippen molar-refractivity contribution in [1.82, 2.24) is 4.90 Å². The van der Waals surface area contributed by atoms with Crippen LogP contribution in [0.4, 0.5) is 8.78 Å². The second kappa shape index (κ2) is 10.7. The zero-order valence-corrected chi connectivity index (χ0v) is 19.8. The van der Waals surface area contributed by atoms with E-state index in [9.17, 15) is 14.0 Å². The molecule has 0 unspecified atom stereocenters. The predicted octanol–water partition coefficient (Wildman–Crippen LogP) is 7.09. The smallest absolute Gasteiger partial charge is 0.123 e. The maximum absolute atomic E-state index is 13.5. The van der Waals surface area contributed by atoms with Crippen molar-refractivity contribution in [2.75, 3.05) is 13.2 Å². The van der Waals surface area contributed by atoms with Gasteiger partial charge in [0, 0.05) is 19.1 Å². The van der Waals surface area contributed by atoms with Gasteiger partial charge in [0.25, 0.3) is 0 Å². The zero-order valence-electron chi connectivity index (χ0n) is 19.8. The average Bonchev–Trinajstić information content (AvgIpc) is 3.30. The van der Waals surface area contributed by atoms with Crippen molar-refractivity contribution in [3.05, 3.63) is 114 Å². The molecule has 0 bridgehead atoms. The monoisotopic (exact) mass is 480 g/mol. The molecule has 2 atom stereocenters. The summed E-state index contributed by atoms with van der Waals surface area (Å²) in [6, 6.07) is 31.3. The Bertz CT molecular complexity index is 1280. The number of benzene rings is 4. The molecule has 0 radical (unpaired) electrons. The number of nitriles is 1. The van der Waals surface area contributed by atoms with Gasteiger partial charge in [-0.05, 0) is 76.7 Å². The number of rotatable bonds is 7. The molecule has 5 heteroatoms. The van der Waals surface area contributed by atoms with Crippen molar-refractivity contribution in [3.8, 4) is 34.1 Å². The molecule has 4 aromatic carbocycles. The number of hydrogen-bond acceptors (Lipinski definition) is 3. The van der Waals surface area contributed by atoms with Crippen molar-refractivity contribution >= 4 is 0 Å². The molecular formula is C31H26F2N2O. The largest absolute Gasteiger partial charge is 0.492 e. The molecule has 4 aromatic rings. The highest BCUT2D eigenvalue weighted by atomic mass is 19.1. The SMILES string of the molecule is N#C[C@@H]1C[C@@H](COc2cc(-c3ccc(F)cc3)cc(-c3ccc(F)cc3)c2)N(Cc2ccccc2)C1. The first-order valence-corrected chi connectivity index (χ1v) is 12.0. The second-order valence-corrected chi connectivity index (χ2v) is 9.20. The van der Waals surface area contributed by atoms with E-state index in [4.69, 9.17) is 4.74 Å². The van der Waals surface area contributed by atoms with E-state index in [-0.39, 0.29) is 23.6 Å². The van der Waals surface area contributed by atoms with Crippen molar-refractivity contribution < 1.29 is 13.5 Å². The summed E-state index contributed by atoms with van der Waals surface area (Å²) in [5, 5.41) is 9.55. The maximum atomic E-state index is 13.5. The summed E-state index contributed by atoms with van der Waals surface area (Å²) >= 11 is 0. The number of likely N-dealkylation sites (tertiary alicyclic amines) is 1. The first-order valence-electron chi connectivity index (χ1n) is 12.0. The van der Waals surface area contributed by atoms with E-state index in [1.54, 1.807) is 24.3 Å². The van der Waals surface area contributed by atoms with Gasteiger partial charge in [-0.1, -0.05) is 54.6 Å². The van der Waals surface area contributed by atoms with Crippen LogP contribution in [0.1, 0.15) is 12.0 Å². The van der Waals surface area contributed by atoms with E-state index < -0.39 is 0 Å². The summed E-state index contributed by atoms with van der Waals surface area (Å²) in [4.78, 5) is 2.31. The second-order valence-electron chi connectivity index (χ2n) is 9.20. The molecule has 1 aliphatic heterocycles. The quantitative estimate of drug-likeness (QED) is 0.283. The summed E-state index contributed by atoms with van der Waals surface area (Å²) in [6.45, 7) is 1.93. The molecule has 0 spiro atoms. The van der Waals surface area contributed by atoms with Gasteiger partial charge in [0.15, 0.2) is 0 Å². The molecular weight excluding hydrogens is 454 g/mol. The molecule has 0 saturated carbocycles. The molecule has 5 rings (SSSR count). The third-order valence-electron chi connectivity index (χ3n) is 6.64. The van der Waals surface area contributed by atoms with Crippen LogP contribution in [-0.4, -0.2) is 24.1 Å². The number of nitrogens with zero attached hydrogens (tertiary/aromatic N) is 2. The fourth-order valence-corrected chi connectivity index (χ4v) is 4.76. The minimum Gasteiger partial charge on any atom is -0.492 e. The summed E-state index contributed by atoms with van der Waals surface area (Å²) in [6.07, 6.45) is 0.756. The lowest BCUT2D eigenvalue weighted by Crippen LogP contribution is -2.33. The molecule has 0 aliphatic carbocycles. The molecule has 0 aromatic heterocycles. The average molecular weight is 481 g/mol. The number of halogens is 2.